The van der Waals surface area contributed by atoms with E-state index in [1.54, 1.807) is 16.2 Å². The minimum absolute atomic E-state index is 0.0697. The van der Waals surface area contributed by atoms with Gasteiger partial charge in [0.2, 0.25) is 0 Å². The summed E-state index contributed by atoms with van der Waals surface area (Å²) in [5.74, 6) is -0.0697. The number of benzene rings is 2. The predicted molar refractivity (Wildman–Crippen MR) is 123 cm³/mol. The van der Waals surface area contributed by atoms with Gasteiger partial charge in [-0.15, -0.1) is 11.3 Å². The Morgan fingerprint density at radius 2 is 1.76 bits per heavy atom. The standard InChI is InChI=1S/C22H24N4OS2/c1-4-15-10-11-17-19(14-15)29-22(24-17)26(13-7-12-25(2)3)21(27)20-23-16-8-5-6-9-18(16)28-20/h5-6,8-11,14H,4,7,12-13H2,1-3H3. The van der Waals surface area contributed by atoms with Gasteiger partial charge in [0, 0.05) is 6.54 Å². The van der Waals surface area contributed by atoms with Crippen molar-refractivity contribution >= 4 is 54.1 Å². The first-order valence-electron chi connectivity index (χ1n) is 9.77. The summed E-state index contributed by atoms with van der Waals surface area (Å²) in [7, 11) is 4.09. The van der Waals surface area contributed by atoms with Gasteiger partial charge in [0.15, 0.2) is 10.1 Å². The van der Waals surface area contributed by atoms with Crippen LogP contribution in [-0.2, 0) is 6.42 Å². The third-order valence-corrected chi connectivity index (χ3v) is 6.86. The Morgan fingerprint density at radius 3 is 2.52 bits per heavy atom. The molecule has 2 aromatic carbocycles. The van der Waals surface area contributed by atoms with Gasteiger partial charge in [-0.3, -0.25) is 9.69 Å². The smallest absolute Gasteiger partial charge is 0.289 e. The Bertz CT molecular complexity index is 1120. The normalized spacial score (nSPS) is 11.6. The SMILES string of the molecule is CCc1ccc2nc(N(CCCN(C)C)C(=O)c3nc4ccccc4s3)sc2c1. The summed E-state index contributed by atoms with van der Waals surface area (Å²) >= 11 is 3.03. The Hall–Kier alpha value is -2.35. The zero-order chi connectivity index (χ0) is 20.4. The Morgan fingerprint density at radius 1 is 0.966 bits per heavy atom. The van der Waals surface area contributed by atoms with Crippen molar-refractivity contribution in [3.63, 3.8) is 0 Å². The average molecular weight is 425 g/mol. The van der Waals surface area contributed by atoms with Crippen LogP contribution in [-0.4, -0.2) is 48.0 Å². The molecule has 2 heterocycles. The number of anilines is 1. The molecule has 4 rings (SSSR count). The molecule has 0 bridgehead atoms. The number of carbonyl (C=O) groups is 1. The number of rotatable bonds is 7. The molecule has 0 unspecified atom stereocenters. The summed E-state index contributed by atoms with van der Waals surface area (Å²) in [5, 5.41) is 1.26. The third-order valence-electron chi connectivity index (χ3n) is 4.79. The molecular weight excluding hydrogens is 400 g/mol. The minimum Gasteiger partial charge on any atom is -0.309 e. The van der Waals surface area contributed by atoms with Crippen LogP contribution in [0.5, 0.6) is 0 Å². The number of carbonyl (C=O) groups excluding carboxylic acids is 1. The largest absolute Gasteiger partial charge is 0.309 e. The quantitative estimate of drug-likeness (QED) is 0.416. The van der Waals surface area contributed by atoms with Crippen LogP contribution in [0.1, 0.15) is 28.7 Å². The number of hydrogen-bond acceptors (Lipinski definition) is 6. The first kappa shape index (κ1) is 19.9. The van der Waals surface area contributed by atoms with Crippen LogP contribution in [0.15, 0.2) is 42.5 Å². The van der Waals surface area contributed by atoms with Crippen LogP contribution in [0.4, 0.5) is 5.13 Å². The lowest BCUT2D eigenvalue weighted by Crippen LogP contribution is -2.33. The summed E-state index contributed by atoms with van der Waals surface area (Å²) < 4.78 is 2.15. The summed E-state index contributed by atoms with van der Waals surface area (Å²) in [4.78, 5) is 26.7. The van der Waals surface area contributed by atoms with Crippen molar-refractivity contribution in [1.29, 1.82) is 0 Å². The van der Waals surface area contributed by atoms with Gasteiger partial charge in [0.1, 0.15) is 0 Å². The maximum atomic E-state index is 13.4. The van der Waals surface area contributed by atoms with Crippen LogP contribution in [0.3, 0.4) is 0 Å². The summed E-state index contributed by atoms with van der Waals surface area (Å²) in [6.07, 6.45) is 1.86. The summed E-state index contributed by atoms with van der Waals surface area (Å²) in [6, 6.07) is 14.2. The number of aromatic nitrogens is 2. The molecule has 5 nitrogen and oxygen atoms in total. The number of para-hydroxylation sites is 1. The van der Waals surface area contributed by atoms with Gasteiger partial charge < -0.3 is 4.90 Å². The van der Waals surface area contributed by atoms with Crippen molar-refractivity contribution in [1.82, 2.24) is 14.9 Å². The molecular formula is C22H24N4OS2. The van der Waals surface area contributed by atoms with E-state index in [0.717, 1.165) is 45.0 Å². The number of aryl methyl sites for hydroxylation is 1. The van der Waals surface area contributed by atoms with Crippen LogP contribution < -0.4 is 4.90 Å². The second-order valence-electron chi connectivity index (χ2n) is 7.25. The molecule has 0 saturated heterocycles. The fourth-order valence-corrected chi connectivity index (χ4v) is 5.17. The highest BCUT2D eigenvalue weighted by molar-refractivity contribution is 7.23. The van der Waals surface area contributed by atoms with Crippen molar-refractivity contribution in [2.75, 3.05) is 32.1 Å². The Kier molecular flexibility index (Phi) is 5.89. The summed E-state index contributed by atoms with van der Waals surface area (Å²) in [5.41, 5.74) is 3.09. The zero-order valence-corrected chi connectivity index (χ0v) is 18.5. The zero-order valence-electron chi connectivity index (χ0n) is 16.9. The Balaban J connectivity index is 1.69. The van der Waals surface area contributed by atoms with Gasteiger partial charge in [0.05, 0.1) is 20.4 Å². The van der Waals surface area contributed by atoms with Gasteiger partial charge in [-0.05, 0) is 63.3 Å². The molecule has 0 saturated carbocycles. The highest BCUT2D eigenvalue weighted by Gasteiger charge is 2.24. The molecule has 29 heavy (non-hydrogen) atoms. The average Bonchev–Trinajstić information content (AvgIpc) is 3.33. The molecule has 150 valence electrons. The number of nitrogens with zero attached hydrogens (tertiary/aromatic N) is 4. The van der Waals surface area contributed by atoms with E-state index in [-0.39, 0.29) is 5.91 Å². The number of fused-ring (bicyclic) bond motifs is 2. The lowest BCUT2D eigenvalue weighted by Gasteiger charge is -2.19. The van der Waals surface area contributed by atoms with Crippen LogP contribution >= 0.6 is 22.7 Å². The molecule has 0 aliphatic rings. The van der Waals surface area contributed by atoms with Crippen LogP contribution in [0, 0.1) is 0 Å². The lowest BCUT2D eigenvalue weighted by atomic mass is 10.2. The molecule has 0 fully saturated rings. The summed E-state index contributed by atoms with van der Waals surface area (Å²) in [6.45, 7) is 3.68. The van der Waals surface area contributed by atoms with E-state index < -0.39 is 0 Å². The van der Waals surface area contributed by atoms with Crippen LogP contribution in [0.25, 0.3) is 20.4 Å². The van der Waals surface area contributed by atoms with Crippen LogP contribution in [0.2, 0.25) is 0 Å². The molecule has 0 radical (unpaired) electrons. The molecule has 7 heteroatoms. The number of hydrogen-bond donors (Lipinski definition) is 0. The maximum absolute atomic E-state index is 13.4. The van der Waals surface area contributed by atoms with Crippen molar-refractivity contribution in [2.45, 2.75) is 19.8 Å². The van der Waals surface area contributed by atoms with Gasteiger partial charge in [0.25, 0.3) is 5.91 Å². The molecule has 0 spiro atoms. The highest BCUT2D eigenvalue weighted by atomic mass is 32.1. The molecule has 0 aliphatic carbocycles. The predicted octanol–water partition coefficient (Wildman–Crippen LogP) is 5.07. The van der Waals surface area contributed by atoms with E-state index >= 15 is 0 Å². The molecule has 0 N–H and O–H groups in total. The first-order valence-corrected chi connectivity index (χ1v) is 11.4. The molecule has 4 aromatic rings. The fourth-order valence-electron chi connectivity index (χ4n) is 3.20. The van der Waals surface area contributed by atoms with E-state index in [4.69, 9.17) is 4.98 Å². The maximum Gasteiger partial charge on any atom is 0.289 e. The molecule has 1 amide bonds. The second kappa shape index (κ2) is 8.57. The van der Waals surface area contributed by atoms with E-state index in [9.17, 15) is 4.79 Å². The topological polar surface area (TPSA) is 49.3 Å². The van der Waals surface area contributed by atoms with Gasteiger partial charge in [-0.2, -0.15) is 0 Å². The Labute approximate surface area is 178 Å². The second-order valence-corrected chi connectivity index (χ2v) is 9.29. The number of amides is 1. The van der Waals surface area contributed by atoms with Gasteiger partial charge >= 0.3 is 0 Å². The highest BCUT2D eigenvalue weighted by Crippen LogP contribution is 2.32. The van der Waals surface area contributed by atoms with E-state index in [2.05, 4.69) is 28.9 Å². The molecule has 0 atom stereocenters. The van der Waals surface area contributed by atoms with E-state index in [1.165, 1.54) is 16.9 Å². The van der Waals surface area contributed by atoms with Crippen molar-refractivity contribution in [3.8, 4) is 0 Å². The van der Waals surface area contributed by atoms with E-state index in [1.807, 2.05) is 44.4 Å². The molecule has 0 aliphatic heterocycles. The van der Waals surface area contributed by atoms with E-state index in [0.29, 0.717) is 11.6 Å². The number of thiazole rings is 2. The lowest BCUT2D eigenvalue weighted by molar-refractivity contribution is 0.0986. The van der Waals surface area contributed by atoms with Crippen molar-refractivity contribution in [2.24, 2.45) is 0 Å². The monoisotopic (exact) mass is 424 g/mol. The fraction of sp³-hybridized carbons (Fsp3) is 0.318. The van der Waals surface area contributed by atoms with Crippen molar-refractivity contribution in [3.05, 3.63) is 53.0 Å². The first-order chi connectivity index (χ1) is 14.0. The van der Waals surface area contributed by atoms with Gasteiger partial charge in [-0.1, -0.05) is 36.5 Å². The van der Waals surface area contributed by atoms with Crippen molar-refractivity contribution < 1.29 is 4.79 Å². The van der Waals surface area contributed by atoms with Gasteiger partial charge in [-0.25, -0.2) is 9.97 Å². The third kappa shape index (κ3) is 4.32. The minimum atomic E-state index is -0.0697. The molecule has 2 aromatic heterocycles.